The molecule has 3 unspecified atom stereocenters. The molecular weight excluding hydrogens is 462 g/mol. The lowest BCUT2D eigenvalue weighted by molar-refractivity contribution is -0.141. The Balaban J connectivity index is 1.60. The summed E-state index contributed by atoms with van der Waals surface area (Å²) in [4.78, 5) is 42.1. The first-order chi connectivity index (χ1) is 17.7. The van der Waals surface area contributed by atoms with Crippen LogP contribution in [0, 0.1) is 24.7 Å². The van der Waals surface area contributed by atoms with E-state index in [2.05, 4.69) is 39.9 Å². The highest BCUT2D eigenvalue weighted by molar-refractivity contribution is 6.09. The fourth-order valence-corrected chi connectivity index (χ4v) is 6.37. The summed E-state index contributed by atoms with van der Waals surface area (Å²) >= 11 is 0. The molecule has 0 spiro atoms. The second-order valence-corrected chi connectivity index (χ2v) is 11.7. The van der Waals surface area contributed by atoms with Gasteiger partial charge in [0, 0.05) is 60.1 Å². The summed E-state index contributed by atoms with van der Waals surface area (Å²) in [6.07, 6.45) is 9.86. The third kappa shape index (κ3) is 6.00. The summed E-state index contributed by atoms with van der Waals surface area (Å²) < 4.78 is 2.19. The zero-order chi connectivity index (χ0) is 26.7. The highest BCUT2D eigenvalue weighted by atomic mass is 16.2. The number of likely N-dealkylation sites (N-methyl/N-ethyl adjacent to an activating group) is 1. The summed E-state index contributed by atoms with van der Waals surface area (Å²) in [5, 5.41) is 4.06. The lowest BCUT2D eigenvalue weighted by Crippen LogP contribution is -2.45. The van der Waals surface area contributed by atoms with E-state index in [1.165, 1.54) is 6.42 Å². The Kier molecular flexibility index (Phi) is 8.89. The van der Waals surface area contributed by atoms with Gasteiger partial charge in [-0.25, -0.2) is 0 Å². The summed E-state index contributed by atoms with van der Waals surface area (Å²) in [6.45, 7) is 9.26. The van der Waals surface area contributed by atoms with Crippen LogP contribution in [0.2, 0.25) is 0 Å². The van der Waals surface area contributed by atoms with Crippen LogP contribution >= 0.6 is 0 Å². The second kappa shape index (κ2) is 11.9. The molecule has 6 nitrogen and oxygen atoms in total. The third-order valence-corrected chi connectivity index (χ3v) is 8.77. The highest BCUT2D eigenvalue weighted by Gasteiger charge is 2.39. The number of aromatic nitrogens is 1. The quantitative estimate of drug-likeness (QED) is 0.429. The molecule has 1 saturated heterocycles. The van der Waals surface area contributed by atoms with E-state index in [-0.39, 0.29) is 41.4 Å². The van der Waals surface area contributed by atoms with Crippen molar-refractivity contribution in [2.24, 2.45) is 17.8 Å². The number of amides is 1. The topological polar surface area (TPSA) is 71.4 Å². The number of hydrogen-bond acceptors (Lipinski definition) is 4. The van der Waals surface area contributed by atoms with Crippen LogP contribution in [0.25, 0.3) is 10.9 Å². The number of likely N-dealkylation sites (tertiary alicyclic amines) is 1. The van der Waals surface area contributed by atoms with Crippen molar-refractivity contribution < 1.29 is 14.4 Å². The number of nitrogens with zero attached hydrogens (tertiary/aromatic N) is 2. The van der Waals surface area contributed by atoms with Crippen molar-refractivity contribution in [1.82, 2.24) is 14.8 Å². The number of ketones is 2. The number of benzene rings is 1. The van der Waals surface area contributed by atoms with Gasteiger partial charge in [-0.3, -0.25) is 14.4 Å². The number of carbonyl (C=O) groups excluding carboxylic acids is 3. The predicted molar refractivity (Wildman–Crippen MR) is 149 cm³/mol. The summed E-state index contributed by atoms with van der Waals surface area (Å²) in [5.74, 6) is 0.441. The van der Waals surface area contributed by atoms with E-state index >= 15 is 0 Å². The van der Waals surface area contributed by atoms with Crippen LogP contribution in [0.4, 0.5) is 0 Å². The van der Waals surface area contributed by atoms with Gasteiger partial charge in [0.25, 0.3) is 0 Å². The molecule has 2 fully saturated rings. The number of Topliss-reactive ketones (excluding diaryl/α,β-unsaturated/α-hetero) is 2. The van der Waals surface area contributed by atoms with Gasteiger partial charge in [0.05, 0.1) is 6.04 Å². The fraction of sp³-hybridized carbons (Fsp3) is 0.645. The van der Waals surface area contributed by atoms with Gasteiger partial charge < -0.3 is 14.8 Å². The first-order valence-corrected chi connectivity index (χ1v) is 14.4. The average molecular weight is 508 g/mol. The molecule has 4 rings (SSSR count). The van der Waals surface area contributed by atoms with Crippen LogP contribution in [0.3, 0.4) is 0 Å². The maximum absolute atomic E-state index is 14.1. The molecule has 1 aromatic carbocycles. The predicted octanol–water partition coefficient (Wildman–Crippen LogP) is 5.54. The van der Waals surface area contributed by atoms with Gasteiger partial charge in [0.2, 0.25) is 5.91 Å². The van der Waals surface area contributed by atoms with Crippen LogP contribution in [-0.4, -0.2) is 52.6 Å². The highest BCUT2D eigenvalue weighted by Crippen LogP contribution is 2.35. The van der Waals surface area contributed by atoms with E-state index in [0.29, 0.717) is 18.9 Å². The number of aryl methyl sites for hydroxylation is 1. The van der Waals surface area contributed by atoms with Gasteiger partial charge in [-0.2, -0.15) is 0 Å². The molecule has 1 amide bonds. The third-order valence-electron chi connectivity index (χ3n) is 8.77. The van der Waals surface area contributed by atoms with Crippen molar-refractivity contribution in [3.05, 3.63) is 35.5 Å². The average Bonchev–Trinajstić information content (AvgIpc) is 3.50. The lowest BCUT2D eigenvalue weighted by Gasteiger charge is -2.35. The van der Waals surface area contributed by atoms with Crippen LogP contribution in [0.1, 0.15) is 88.1 Å². The van der Waals surface area contributed by atoms with Crippen molar-refractivity contribution >= 4 is 28.4 Å². The molecule has 2 heterocycles. The number of fused-ring (bicyclic) bond motifs is 1. The molecule has 1 N–H and O–H groups in total. The van der Waals surface area contributed by atoms with E-state index < -0.39 is 0 Å². The lowest BCUT2D eigenvalue weighted by atomic mass is 9.76. The smallest absolute Gasteiger partial charge is 0.226 e. The van der Waals surface area contributed by atoms with Gasteiger partial charge in [-0.1, -0.05) is 44.7 Å². The van der Waals surface area contributed by atoms with Crippen molar-refractivity contribution in [3.63, 3.8) is 0 Å². The standard InChI is InChI=1S/C31H45N3O3/c1-20(2)30(36)27-19-33(28-14-13-21(3)16-26(27)28)18-24-12-9-15-34(24)31(37)25(17-29(35)22(4)32-5)23-10-7-6-8-11-23/h13-14,16,19-20,22-25,32H,6-12,15,17-18H2,1-5H3. The monoisotopic (exact) mass is 507 g/mol. The summed E-state index contributed by atoms with van der Waals surface area (Å²) in [5.41, 5.74) is 2.96. The molecule has 1 aromatic heterocycles. The zero-order valence-electron chi connectivity index (χ0n) is 23.4. The Labute approximate surface area is 222 Å². The van der Waals surface area contributed by atoms with Crippen LogP contribution in [-0.2, 0) is 16.1 Å². The van der Waals surface area contributed by atoms with Crippen molar-refractivity contribution in [3.8, 4) is 0 Å². The van der Waals surface area contributed by atoms with Crippen LogP contribution in [0.15, 0.2) is 24.4 Å². The Morgan fingerprint density at radius 2 is 1.76 bits per heavy atom. The molecule has 202 valence electrons. The molecule has 1 aliphatic carbocycles. The number of nitrogens with one attached hydrogen (secondary N) is 1. The van der Waals surface area contributed by atoms with Crippen molar-refractivity contribution in [2.75, 3.05) is 13.6 Å². The molecule has 2 aromatic rings. The minimum atomic E-state index is -0.236. The largest absolute Gasteiger partial charge is 0.345 e. The summed E-state index contributed by atoms with van der Waals surface area (Å²) in [6, 6.07) is 6.14. The molecule has 2 aliphatic rings. The molecule has 1 aliphatic heterocycles. The van der Waals surface area contributed by atoms with E-state index in [1.54, 1.807) is 7.05 Å². The maximum Gasteiger partial charge on any atom is 0.226 e. The first kappa shape index (κ1) is 27.6. The minimum Gasteiger partial charge on any atom is -0.345 e. The van der Waals surface area contributed by atoms with Crippen molar-refractivity contribution in [1.29, 1.82) is 0 Å². The van der Waals surface area contributed by atoms with Crippen LogP contribution < -0.4 is 5.32 Å². The SMILES string of the molecule is CNC(C)C(=O)CC(C(=O)N1CCCC1Cn1cc(C(=O)C(C)C)c2cc(C)ccc21)C1CCCCC1. The number of rotatable bonds is 10. The van der Waals surface area contributed by atoms with Gasteiger partial charge >= 0.3 is 0 Å². The second-order valence-electron chi connectivity index (χ2n) is 11.7. The van der Waals surface area contributed by atoms with Gasteiger partial charge in [-0.05, 0) is 64.6 Å². The molecule has 0 radical (unpaired) electrons. The normalized spacial score (nSPS) is 20.5. The van der Waals surface area contributed by atoms with E-state index in [1.807, 2.05) is 27.0 Å². The molecule has 37 heavy (non-hydrogen) atoms. The summed E-state index contributed by atoms with van der Waals surface area (Å²) in [7, 11) is 1.80. The van der Waals surface area contributed by atoms with Gasteiger partial charge in [0.15, 0.2) is 5.78 Å². The number of hydrogen-bond donors (Lipinski definition) is 1. The van der Waals surface area contributed by atoms with Gasteiger partial charge in [0.1, 0.15) is 5.78 Å². The van der Waals surface area contributed by atoms with E-state index in [0.717, 1.165) is 67.1 Å². The van der Waals surface area contributed by atoms with Crippen LogP contribution in [0.5, 0.6) is 0 Å². The van der Waals surface area contributed by atoms with E-state index in [9.17, 15) is 14.4 Å². The number of carbonyl (C=O) groups is 3. The fourth-order valence-electron chi connectivity index (χ4n) is 6.37. The van der Waals surface area contributed by atoms with E-state index in [4.69, 9.17) is 0 Å². The Morgan fingerprint density at radius 3 is 2.43 bits per heavy atom. The molecule has 3 atom stereocenters. The molecule has 6 heteroatoms. The Hall–Kier alpha value is -2.47. The zero-order valence-corrected chi connectivity index (χ0v) is 23.4. The first-order valence-electron chi connectivity index (χ1n) is 14.4. The maximum atomic E-state index is 14.1. The van der Waals surface area contributed by atoms with Gasteiger partial charge in [-0.15, -0.1) is 0 Å². The Morgan fingerprint density at radius 1 is 1.03 bits per heavy atom. The molecule has 1 saturated carbocycles. The molecule has 0 bridgehead atoms. The molecular formula is C31H45N3O3. The minimum absolute atomic E-state index is 0.0714. The van der Waals surface area contributed by atoms with Crippen molar-refractivity contribution in [2.45, 2.75) is 97.7 Å². The Bertz CT molecular complexity index is 1130.